The lowest BCUT2D eigenvalue weighted by Gasteiger charge is -2.38. The molecule has 1 N–H and O–H groups in total. The SMILES string of the molecule is CC(C)N1CCN(c2ccc(/C(=C(/CCCO)c3ccccc3)c3ccc(Br)cc3)cc2)CC1. The zero-order chi connectivity index (χ0) is 23.9. The molecule has 1 saturated heterocycles. The number of hydrogen-bond donors (Lipinski definition) is 1. The molecule has 0 amide bonds. The van der Waals surface area contributed by atoms with Crippen molar-refractivity contribution < 1.29 is 5.11 Å². The first-order valence-corrected chi connectivity index (χ1v) is 13.1. The molecule has 0 aliphatic carbocycles. The summed E-state index contributed by atoms with van der Waals surface area (Å²) in [5.41, 5.74) is 7.42. The summed E-state index contributed by atoms with van der Waals surface area (Å²) in [4.78, 5) is 5.04. The van der Waals surface area contributed by atoms with Crippen LogP contribution in [0.3, 0.4) is 0 Å². The number of nitrogens with zero attached hydrogens (tertiary/aromatic N) is 2. The zero-order valence-corrected chi connectivity index (χ0v) is 21.8. The van der Waals surface area contributed by atoms with E-state index in [0.717, 1.165) is 43.5 Å². The predicted molar refractivity (Wildman–Crippen MR) is 148 cm³/mol. The smallest absolute Gasteiger partial charge is 0.0434 e. The molecular formula is C30H35BrN2O. The van der Waals surface area contributed by atoms with Gasteiger partial charge in [-0.05, 0) is 78.8 Å². The average Bonchev–Trinajstić information content (AvgIpc) is 2.88. The van der Waals surface area contributed by atoms with Crippen LogP contribution in [0, 0.1) is 0 Å². The summed E-state index contributed by atoms with van der Waals surface area (Å²) in [5.74, 6) is 0. The van der Waals surface area contributed by atoms with E-state index in [4.69, 9.17) is 0 Å². The highest BCUT2D eigenvalue weighted by molar-refractivity contribution is 9.10. The molecule has 0 saturated carbocycles. The number of aliphatic hydroxyl groups is 1. The van der Waals surface area contributed by atoms with Crippen molar-refractivity contribution in [2.45, 2.75) is 32.7 Å². The van der Waals surface area contributed by atoms with Gasteiger partial charge in [0.05, 0.1) is 0 Å². The first-order valence-electron chi connectivity index (χ1n) is 12.3. The summed E-state index contributed by atoms with van der Waals surface area (Å²) in [6, 6.07) is 28.8. The van der Waals surface area contributed by atoms with Crippen LogP contribution >= 0.6 is 15.9 Å². The van der Waals surface area contributed by atoms with Crippen molar-refractivity contribution in [2.75, 3.05) is 37.7 Å². The molecule has 4 rings (SSSR count). The van der Waals surface area contributed by atoms with Gasteiger partial charge >= 0.3 is 0 Å². The van der Waals surface area contributed by atoms with Gasteiger partial charge in [-0.3, -0.25) is 4.90 Å². The van der Waals surface area contributed by atoms with Gasteiger partial charge in [-0.1, -0.05) is 70.5 Å². The summed E-state index contributed by atoms with van der Waals surface area (Å²) < 4.78 is 1.07. The van der Waals surface area contributed by atoms with Crippen LogP contribution in [0.25, 0.3) is 11.1 Å². The van der Waals surface area contributed by atoms with Gasteiger partial charge in [0.25, 0.3) is 0 Å². The van der Waals surface area contributed by atoms with Gasteiger partial charge in [0, 0.05) is 49.0 Å². The van der Waals surface area contributed by atoms with Crippen LogP contribution in [0.15, 0.2) is 83.3 Å². The van der Waals surface area contributed by atoms with E-state index in [1.165, 1.54) is 33.5 Å². The Kier molecular flexibility index (Phi) is 8.60. The Hall–Kier alpha value is -2.40. The normalized spacial score (nSPS) is 15.5. The lowest BCUT2D eigenvalue weighted by atomic mass is 9.87. The monoisotopic (exact) mass is 518 g/mol. The Balaban J connectivity index is 1.72. The maximum Gasteiger partial charge on any atom is 0.0434 e. The predicted octanol–water partition coefficient (Wildman–Crippen LogP) is 6.71. The topological polar surface area (TPSA) is 26.7 Å². The lowest BCUT2D eigenvalue weighted by molar-refractivity contribution is 0.209. The minimum absolute atomic E-state index is 0.186. The fraction of sp³-hybridized carbons (Fsp3) is 0.333. The van der Waals surface area contributed by atoms with Crippen LogP contribution in [0.4, 0.5) is 5.69 Å². The Bertz CT molecular complexity index is 1070. The van der Waals surface area contributed by atoms with Gasteiger partial charge in [0.15, 0.2) is 0 Å². The fourth-order valence-corrected chi connectivity index (χ4v) is 5.04. The van der Waals surface area contributed by atoms with Crippen molar-refractivity contribution in [3.05, 3.63) is 100 Å². The third-order valence-electron chi connectivity index (χ3n) is 6.71. The molecule has 3 aromatic rings. The second-order valence-corrected chi connectivity index (χ2v) is 10.1. The maximum absolute atomic E-state index is 9.62. The molecule has 0 aromatic heterocycles. The van der Waals surface area contributed by atoms with Crippen molar-refractivity contribution in [1.29, 1.82) is 0 Å². The molecule has 1 aliphatic rings. The second kappa shape index (κ2) is 11.8. The van der Waals surface area contributed by atoms with Crippen molar-refractivity contribution >= 4 is 32.8 Å². The van der Waals surface area contributed by atoms with Gasteiger partial charge in [-0.15, -0.1) is 0 Å². The van der Waals surface area contributed by atoms with Crippen molar-refractivity contribution in [2.24, 2.45) is 0 Å². The second-order valence-electron chi connectivity index (χ2n) is 9.22. The molecule has 178 valence electrons. The minimum atomic E-state index is 0.186. The molecule has 34 heavy (non-hydrogen) atoms. The van der Waals surface area contributed by atoms with Crippen LogP contribution < -0.4 is 4.90 Å². The molecule has 0 unspecified atom stereocenters. The third kappa shape index (κ3) is 5.99. The van der Waals surface area contributed by atoms with E-state index in [1.54, 1.807) is 0 Å². The summed E-state index contributed by atoms with van der Waals surface area (Å²) in [7, 11) is 0. The van der Waals surface area contributed by atoms with E-state index in [0.29, 0.717) is 6.04 Å². The highest BCUT2D eigenvalue weighted by Gasteiger charge is 2.20. The number of anilines is 1. The highest BCUT2D eigenvalue weighted by Crippen LogP contribution is 2.36. The summed E-state index contributed by atoms with van der Waals surface area (Å²) in [6.45, 7) is 9.11. The molecule has 1 aliphatic heterocycles. The molecule has 1 fully saturated rings. The molecule has 0 spiro atoms. The van der Waals surface area contributed by atoms with E-state index >= 15 is 0 Å². The molecule has 4 heteroatoms. The minimum Gasteiger partial charge on any atom is -0.396 e. The van der Waals surface area contributed by atoms with Gasteiger partial charge in [0.1, 0.15) is 0 Å². The van der Waals surface area contributed by atoms with Gasteiger partial charge in [0.2, 0.25) is 0 Å². The average molecular weight is 520 g/mol. The Labute approximate surface area is 212 Å². The summed E-state index contributed by atoms with van der Waals surface area (Å²) >= 11 is 3.58. The Morgan fingerprint density at radius 1 is 0.794 bits per heavy atom. The van der Waals surface area contributed by atoms with Gasteiger partial charge in [-0.2, -0.15) is 0 Å². The standard InChI is InChI=1S/C30H35BrN2O/c1-23(2)32-18-20-33(21-19-32)28-16-12-26(13-17-28)30(25-10-14-27(31)15-11-25)29(9-6-22-34)24-7-4-3-5-8-24/h3-5,7-8,10-17,23,34H,6,9,18-22H2,1-2H3/b30-29-. The number of benzene rings is 3. The third-order valence-corrected chi connectivity index (χ3v) is 7.24. The van der Waals surface area contributed by atoms with Crippen LogP contribution in [0.5, 0.6) is 0 Å². The van der Waals surface area contributed by atoms with Crippen LogP contribution in [-0.4, -0.2) is 48.8 Å². The summed E-state index contributed by atoms with van der Waals surface area (Å²) in [5, 5.41) is 9.62. The first-order chi connectivity index (χ1) is 16.6. The number of rotatable bonds is 8. The van der Waals surface area contributed by atoms with Crippen molar-refractivity contribution in [3.8, 4) is 0 Å². The van der Waals surface area contributed by atoms with Crippen molar-refractivity contribution in [1.82, 2.24) is 4.90 Å². The zero-order valence-electron chi connectivity index (χ0n) is 20.3. The maximum atomic E-state index is 9.62. The number of allylic oxidation sites excluding steroid dienone is 1. The number of piperazine rings is 1. The van der Waals surface area contributed by atoms with E-state index in [1.807, 2.05) is 0 Å². The Morgan fingerprint density at radius 2 is 1.38 bits per heavy atom. The molecule has 0 radical (unpaired) electrons. The lowest BCUT2D eigenvalue weighted by Crippen LogP contribution is -2.48. The highest BCUT2D eigenvalue weighted by atomic mass is 79.9. The molecule has 3 nitrogen and oxygen atoms in total. The van der Waals surface area contributed by atoms with Crippen LogP contribution in [0.1, 0.15) is 43.4 Å². The quantitative estimate of drug-likeness (QED) is 0.335. The van der Waals surface area contributed by atoms with Gasteiger partial charge < -0.3 is 10.0 Å². The van der Waals surface area contributed by atoms with Crippen LogP contribution in [0.2, 0.25) is 0 Å². The van der Waals surface area contributed by atoms with E-state index < -0.39 is 0 Å². The largest absolute Gasteiger partial charge is 0.396 e. The fourth-order valence-electron chi connectivity index (χ4n) is 4.78. The molecule has 1 heterocycles. The summed E-state index contributed by atoms with van der Waals surface area (Å²) in [6.07, 6.45) is 1.56. The van der Waals surface area contributed by atoms with E-state index in [9.17, 15) is 5.11 Å². The number of halogens is 1. The molecule has 0 bridgehead atoms. The Morgan fingerprint density at radius 3 is 1.94 bits per heavy atom. The number of aliphatic hydroxyl groups excluding tert-OH is 1. The van der Waals surface area contributed by atoms with Crippen molar-refractivity contribution in [3.63, 3.8) is 0 Å². The van der Waals surface area contributed by atoms with Crippen LogP contribution in [-0.2, 0) is 0 Å². The van der Waals surface area contributed by atoms with Gasteiger partial charge in [-0.25, -0.2) is 0 Å². The molecule has 0 atom stereocenters. The van der Waals surface area contributed by atoms with E-state index in [2.05, 4.69) is 118 Å². The molecular weight excluding hydrogens is 484 g/mol. The first kappa shape index (κ1) is 24.7. The molecule has 3 aromatic carbocycles. The van der Waals surface area contributed by atoms with E-state index in [-0.39, 0.29) is 6.61 Å². The number of hydrogen-bond acceptors (Lipinski definition) is 3.